The Hall–Kier alpha value is -2.82. The summed E-state index contributed by atoms with van der Waals surface area (Å²) < 4.78 is 11.5. The van der Waals surface area contributed by atoms with Crippen LogP contribution in [0.3, 0.4) is 0 Å². The molecule has 0 atom stereocenters. The Kier molecular flexibility index (Phi) is 6.90. The molecule has 4 heteroatoms. The normalized spacial score (nSPS) is 14.3. The number of rotatable bonds is 10. The molecule has 0 spiro atoms. The van der Waals surface area contributed by atoms with E-state index in [2.05, 4.69) is 48.5 Å². The Morgan fingerprint density at radius 2 is 1.19 bits per heavy atom. The third kappa shape index (κ3) is 4.46. The summed E-state index contributed by atoms with van der Waals surface area (Å²) in [5.41, 5.74) is 5.05. The molecule has 0 bridgehead atoms. The van der Waals surface area contributed by atoms with Crippen molar-refractivity contribution in [3.05, 3.63) is 95.1 Å². The van der Waals surface area contributed by atoms with E-state index in [1.807, 2.05) is 24.3 Å². The molecule has 0 fully saturated rings. The molecule has 0 saturated heterocycles. The SMILES string of the molecule is OCCCOc1ccc(C2(c3ccc(OCCCO)cc3)CCc3ccccc32)cc1. The highest BCUT2D eigenvalue weighted by Crippen LogP contribution is 2.49. The monoisotopic (exact) mass is 418 g/mol. The van der Waals surface area contributed by atoms with E-state index < -0.39 is 0 Å². The maximum atomic E-state index is 8.96. The van der Waals surface area contributed by atoms with Crippen molar-refractivity contribution in [1.82, 2.24) is 0 Å². The lowest BCUT2D eigenvalue weighted by Crippen LogP contribution is -2.26. The summed E-state index contributed by atoms with van der Waals surface area (Å²) in [6, 6.07) is 25.5. The van der Waals surface area contributed by atoms with Crippen molar-refractivity contribution in [3.63, 3.8) is 0 Å². The summed E-state index contributed by atoms with van der Waals surface area (Å²) in [6.07, 6.45) is 3.32. The zero-order valence-electron chi connectivity index (χ0n) is 17.8. The van der Waals surface area contributed by atoms with Gasteiger partial charge in [0.2, 0.25) is 0 Å². The van der Waals surface area contributed by atoms with Gasteiger partial charge in [-0.15, -0.1) is 0 Å². The summed E-state index contributed by atoms with van der Waals surface area (Å²) in [5, 5.41) is 17.9. The van der Waals surface area contributed by atoms with Crippen molar-refractivity contribution in [2.45, 2.75) is 31.1 Å². The molecule has 1 aliphatic carbocycles. The third-order valence-corrected chi connectivity index (χ3v) is 6.08. The molecule has 0 saturated carbocycles. The number of benzene rings is 3. The van der Waals surface area contributed by atoms with Crippen LogP contribution in [-0.2, 0) is 11.8 Å². The lowest BCUT2D eigenvalue weighted by atomic mass is 9.70. The van der Waals surface area contributed by atoms with Gasteiger partial charge in [-0.25, -0.2) is 0 Å². The molecule has 0 aliphatic heterocycles. The summed E-state index contributed by atoms with van der Waals surface area (Å²) in [5.74, 6) is 1.65. The van der Waals surface area contributed by atoms with Gasteiger partial charge in [0, 0.05) is 31.5 Å². The third-order valence-electron chi connectivity index (χ3n) is 6.08. The van der Waals surface area contributed by atoms with E-state index in [0.717, 1.165) is 24.3 Å². The van der Waals surface area contributed by atoms with Crippen molar-refractivity contribution in [2.75, 3.05) is 26.4 Å². The number of aryl methyl sites for hydroxylation is 1. The van der Waals surface area contributed by atoms with Crippen LogP contribution in [-0.4, -0.2) is 36.6 Å². The van der Waals surface area contributed by atoms with Crippen LogP contribution in [0.25, 0.3) is 0 Å². The van der Waals surface area contributed by atoms with Gasteiger partial charge in [-0.2, -0.15) is 0 Å². The molecule has 3 aromatic rings. The predicted octanol–water partition coefficient (Wildman–Crippen LogP) is 4.49. The maximum absolute atomic E-state index is 8.96. The molecule has 4 rings (SSSR count). The van der Waals surface area contributed by atoms with Gasteiger partial charge in [-0.05, 0) is 59.4 Å². The molecule has 0 aromatic heterocycles. The Balaban J connectivity index is 1.68. The minimum Gasteiger partial charge on any atom is -0.494 e. The lowest BCUT2D eigenvalue weighted by Gasteiger charge is -2.32. The average Bonchev–Trinajstić information content (AvgIpc) is 3.21. The zero-order chi connectivity index (χ0) is 21.5. The topological polar surface area (TPSA) is 58.9 Å². The summed E-state index contributed by atoms with van der Waals surface area (Å²) >= 11 is 0. The minimum absolute atomic E-state index is 0.137. The molecule has 0 radical (unpaired) electrons. The molecule has 4 nitrogen and oxygen atoms in total. The van der Waals surface area contributed by atoms with Gasteiger partial charge in [0.1, 0.15) is 11.5 Å². The lowest BCUT2D eigenvalue weighted by molar-refractivity contribution is 0.233. The summed E-state index contributed by atoms with van der Waals surface area (Å²) in [7, 11) is 0. The molecule has 0 unspecified atom stereocenters. The van der Waals surface area contributed by atoms with Gasteiger partial charge in [0.25, 0.3) is 0 Å². The fourth-order valence-corrected chi connectivity index (χ4v) is 4.56. The zero-order valence-corrected chi connectivity index (χ0v) is 17.8. The smallest absolute Gasteiger partial charge is 0.119 e. The van der Waals surface area contributed by atoms with Crippen LogP contribution in [0.2, 0.25) is 0 Å². The van der Waals surface area contributed by atoms with Gasteiger partial charge in [0.15, 0.2) is 0 Å². The molecule has 3 aromatic carbocycles. The number of ether oxygens (including phenoxy) is 2. The van der Waals surface area contributed by atoms with Gasteiger partial charge in [-0.1, -0.05) is 48.5 Å². The van der Waals surface area contributed by atoms with E-state index in [9.17, 15) is 0 Å². The Labute approximate surface area is 184 Å². The quantitative estimate of drug-likeness (QED) is 0.476. The van der Waals surface area contributed by atoms with Crippen molar-refractivity contribution >= 4 is 0 Å². The largest absolute Gasteiger partial charge is 0.494 e. The molecule has 31 heavy (non-hydrogen) atoms. The van der Waals surface area contributed by atoms with Crippen LogP contribution in [0.1, 0.15) is 41.5 Å². The first-order valence-electron chi connectivity index (χ1n) is 11.0. The standard InChI is InChI=1S/C27H30O4/c28-17-3-19-30-24-11-7-22(8-12-24)27(16-15-21-5-1-2-6-26(21)27)23-9-13-25(14-10-23)31-20-4-18-29/h1-2,5-14,28-29H,3-4,15-20H2. The second-order valence-corrected chi connectivity index (χ2v) is 7.96. The average molecular weight is 419 g/mol. The Bertz CT molecular complexity index is 910. The van der Waals surface area contributed by atoms with E-state index in [-0.39, 0.29) is 18.6 Å². The van der Waals surface area contributed by atoms with E-state index in [4.69, 9.17) is 19.7 Å². The number of hydrogen-bond acceptors (Lipinski definition) is 4. The van der Waals surface area contributed by atoms with Crippen LogP contribution in [0, 0.1) is 0 Å². The van der Waals surface area contributed by atoms with Gasteiger partial charge >= 0.3 is 0 Å². The Morgan fingerprint density at radius 3 is 1.71 bits per heavy atom. The summed E-state index contributed by atoms with van der Waals surface area (Å²) in [6.45, 7) is 1.30. The fraction of sp³-hybridized carbons (Fsp3) is 0.333. The first-order chi connectivity index (χ1) is 15.3. The fourth-order valence-electron chi connectivity index (χ4n) is 4.56. The van der Waals surface area contributed by atoms with Gasteiger partial charge < -0.3 is 19.7 Å². The number of fused-ring (bicyclic) bond motifs is 1. The maximum Gasteiger partial charge on any atom is 0.119 e. The van der Waals surface area contributed by atoms with Crippen molar-refractivity contribution in [1.29, 1.82) is 0 Å². The minimum atomic E-state index is -0.205. The molecule has 0 amide bonds. The van der Waals surface area contributed by atoms with Crippen LogP contribution in [0.15, 0.2) is 72.8 Å². The summed E-state index contributed by atoms with van der Waals surface area (Å²) in [4.78, 5) is 0. The first kappa shape index (κ1) is 21.4. The molecule has 2 N–H and O–H groups in total. The van der Waals surface area contributed by atoms with Crippen molar-refractivity contribution in [2.24, 2.45) is 0 Å². The molecular weight excluding hydrogens is 388 g/mol. The van der Waals surface area contributed by atoms with E-state index in [1.54, 1.807) is 0 Å². The second-order valence-electron chi connectivity index (χ2n) is 7.96. The van der Waals surface area contributed by atoms with Crippen LogP contribution in [0.5, 0.6) is 11.5 Å². The van der Waals surface area contributed by atoms with Crippen molar-refractivity contribution in [3.8, 4) is 11.5 Å². The molecular formula is C27H30O4. The second kappa shape index (κ2) is 9.99. The van der Waals surface area contributed by atoms with Crippen LogP contribution in [0.4, 0.5) is 0 Å². The van der Waals surface area contributed by atoms with Gasteiger partial charge in [0.05, 0.1) is 13.2 Å². The highest BCUT2D eigenvalue weighted by molar-refractivity contribution is 5.57. The van der Waals surface area contributed by atoms with Crippen LogP contribution < -0.4 is 9.47 Å². The molecule has 1 aliphatic rings. The number of hydrogen-bond donors (Lipinski definition) is 2. The van der Waals surface area contributed by atoms with Crippen LogP contribution >= 0.6 is 0 Å². The van der Waals surface area contributed by atoms with Gasteiger partial charge in [-0.3, -0.25) is 0 Å². The molecule has 0 heterocycles. The molecule has 162 valence electrons. The Morgan fingerprint density at radius 1 is 0.677 bits per heavy atom. The van der Waals surface area contributed by atoms with Crippen molar-refractivity contribution < 1.29 is 19.7 Å². The highest BCUT2D eigenvalue weighted by atomic mass is 16.5. The van der Waals surface area contributed by atoms with E-state index in [0.29, 0.717) is 26.1 Å². The number of aliphatic hydroxyl groups excluding tert-OH is 2. The highest BCUT2D eigenvalue weighted by Gasteiger charge is 2.41. The first-order valence-corrected chi connectivity index (χ1v) is 11.0. The number of aliphatic hydroxyl groups is 2. The predicted molar refractivity (Wildman–Crippen MR) is 122 cm³/mol. The van der Waals surface area contributed by atoms with E-state index >= 15 is 0 Å². The van der Waals surface area contributed by atoms with E-state index in [1.165, 1.54) is 22.3 Å².